The zero-order valence-corrected chi connectivity index (χ0v) is 14.9. The van der Waals surface area contributed by atoms with E-state index in [0.717, 1.165) is 69.8 Å². The van der Waals surface area contributed by atoms with Crippen LogP contribution < -0.4 is 5.32 Å². The predicted octanol–water partition coefficient (Wildman–Crippen LogP) is 1.36. The van der Waals surface area contributed by atoms with Gasteiger partial charge < -0.3 is 15.0 Å². The van der Waals surface area contributed by atoms with Gasteiger partial charge in [0.1, 0.15) is 11.9 Å². The van der Waals surface area contributed by atoms with Crippen molar-refractivity contribution < 1.29 is 9.53 Å². The Balaban J connectivity index is 1.37. The molecule has 2 aromatic rings. The van der Waals surface area contributed by atoms with Crippen molar-refractivity contribution in [2.24, 2.45) is 0 Å². The topological polar surface area (TPSA) is 70.6 Å². The smallest absolute Gasteiger partial charge is 0.245 e. The Morgan fingerprint density at radius 1 is 1.12 bits per heavy atom. The lowest BCUT2D eigenvalue weighted by Crippen LogP contribution is -2.50. The molecule has 0 bridgehead atoms. The summed E-state index contributed by atoms with van der Waals surface area (Å²) in [5, 5.41) is 3.29. The number of fused-ring (bicyclic) bond motifs is 1. The maximum absolute atomic E-state index is 12.8. The minimum absolute atomic E-state index is 0.166. The highest BCUT2D eigenvalue weighted by atomic mass is 16.5. The number of morpholine rings is 1. The summed E-state index contributed by atoms with van der Waals surface area (Å²) in [6.07, 6.45) is 3.55. The second-order valence-corrected chi connectivity index (χ2v) is 6.86. The first kappa shape index (κ1) is 17.2. The van der Waals surface area contributed by atoms with E-state index in [9.17, 15) is 4.79 Å². The number of benzene rings is 1. The van der Waals surface area contributed by atoms with Gasteiger partial charge in [-0.15, -0.1) is 0 Å². The largest absolute Gasteiger partial charge is 0.379 e. The van der Waals surface area contributed by atoms with Crippen LogP contribution in [0.25, 0.3) is 11.0 Å². The fourth-order valence-electron chi connectivity index (χ4n) is 3.59. The summed E-state index contributed by atoms with van der Waals surface area (Å²) in [7, 11) is 0. The van der Waals surface area contributed by atoms with Gasteiger partial charge in [-0.05, 0) is 25.0 Å². The van der Waals surface area contributed by atoms with Crippen molar-refractivity contribution in [3.63, 3.8) is 0 Å². The molecule has 2 aliphatic heterocycles. The number of piperidine rings is 1. The maximum Gasteiger partial charge on any atom is 0.245 e. The number of ether oxygens (including phenoxy) is 1. The molecule has 0 spiro atoms. The minimum Gasteiger partial charge on any atom is -0.379 e. The van der Waals surface area contributed by atoms with E-state index in [1.165, 1.54) is 0 Å². The highest BCUT2D eigenvalue weighted by Gasteiger charge is 2.29. The van der Waals surface area contributed by atoms with Crippen LogP contribution in [0, 0.1) is 0 Å². The van der Waals surface area contributed by atoms with Crippen LogP contribution in [0.15, 0.2) is 30.5 Å². The van der Waals surface area contributed by atoms with E-state index in [-0.39, 0.29) is 11.9 Å². The van der Waals surface area contributed by atoms with Crippen molar-refractivity contribution in [1.82, 2.24) is 19.8 Å². The Morgan fingerprint density at radius 3 is 2.77 bits per heavy atom. The lowest BCUT2D eigenvalue weighted by Gasteiger charge is -2.35. The van der Waals surface area contributed by atoms with E-state index in [0.29, 0.717) is 5.82 Å². The van der Waals surface area contributed by atoms with Gasteiger partial charge in [0.15, 0.2) is 0 Å². The van der Waals surface area contributed by atoms with Gasteiger partial charge in [-0.3, -0.25) is 14.7 Å². The number of carbonyl (C=O) groups excluding carboxylic acids is 1. The molecule has 2 saturated heterocycles. The Bertz CT molecular complexity index is 762. The number of rotatable bonds is 5. The maximum atomic E-state index is 12.8. The summed E-state index contributed by atoms with van der Waals surface area (Å²) < 4.78 is 5.38. The zero-order valence-electron chi connectivity index (χ0n) is 14.9. The molecule has 2 aliphatic rings. The molecule has 138 valence electrons. The molecule has 0 aliphatic carbocycles. The number of nitrogens with zero attached hydrogens (tertiary/aromatic N) is 4. The first-order chi connectivity index (χ1) is 12.8. The Kier molecular flexibility index (Phi) is 5.26. The van der Waals surface area contributed by atoms with Crippen LogP contribution in [0.4, 0.5) is 5.82 Å². The number of hydrogen-bond acceptors (Lipinski definition) is 6. The first-order valence-corrected chi connectivity index (χ1v) is 9.37. The molecule has 26 heavy (non-hydrogen) atoms. The number of nitrogens with one attached hydrogen (secondary N) is 1. The van der Waals surface area contributed by atoms with Crippen LogP contribution in [-0.2, 0) is 9.53 Å². The predicted molar refractivity (Wildman–Crippen MR) is 100 cm³/mol. The molecule has 1 N–H and O–H groups in total. The molecular formula is C19H25N5O2. The highest BCUT2D eigenvalue weighted by Crippen LogP contribution is 2.18. The second kappa shape index (κ2) is 7.97. The van der Waals surface area contributed by atoms with Crippen LogP contribution in [-0.4, -0.2) is 77.7 Å². The first-order valence-electron chi connectivity index (χ1n) is 9.37. The Morgan fingerprint density at radius 2 is 1.92 bits per heavy atom. The van der Waals surface area contributed by atoms with Crippen LogP contribution in [0.5, 0.6) is 0 Å². The van der Waals surface area contributed by atoms with Crippen molar-refractivity contribution >= 4 is 22.8 Å². The minimum atomic E-state index is -0.219. The quantitative estimate of drug-likeness (QED) is 0.873. The van der Waals surface area contributed by atoms with E-state index in [2.05, 4.69) is 20.2 Å². The van der Waals surface area contributed by atoms with Gasteiger partial charge in [0, 0.05) is 32.7 Å². The fraction of sp³-hybridized carbons (Fsp3) is 0.526. The second-order valence-electron chi connectivity index (χ2n) is 6.86. The van der Waals surface area contributed by atoms with Crippen molar-refractivity contribution in [1.29, 1.82) is 0 Å². The van der Waals surface area contributed by atoms with Gasteiger partial charge in [-0.2, -0.15) is 0 Å². The third-order valence-corrected chi connectivity index (χ3v) is 5.09. The number of anilines is 1. The molecule has 7 heteroatoms. The van der Waals surface area contributed by atoms with Crippen molar-refractivity contribution in [3.05, 3.63) is 30.5 Å². The highest BCUT2D eigenvalue weighted by molar-refractivity contribution is 5.85. The molecule has 3 heterocycles. The molecular weight excluding hydrogens is 330 g/mol. The number of likely N-dealkylation sites (tertiary alicyclic amines) is 1. The van der Waals surface area contributed by atoms with Gasteiger partial charge >= 0.3 is 0 Å². The molecule has 0 radical (unpaired) electrons. The van der Waals surface area contributed by atoms with E-state index >= 15 is 0 Å². The van der Waals surface area contributed by atoms with Crippen LogP contribution in [0.1, 0.15) is 12.8 Å². The third kappa shape index (κ3) is 3.94. The van der Waals surface area contributed by atoms with Crippen LogP contribution >= 0.6 is 0 Å². The summed E-state index contributed by atoms with van der Waals surface area (Å²) >= 11 is 0. The average molecular weight is 355 g/mol. The molecule has 2 fully saturated rings. The van der Waals surface area contributed by atoms with Crippen LogP contribution in [0.3, 0.4) is 0 Å². The van der Waals surface area contributed by atoms with Gasteiger partial charge in [-0.1, -0.05) is 12.1 Å². The summed E-state index contributed by atoms with van der Waals surface area (Å²) in [4.78, 5) is 26.2. The molecule has 1 aromatic carbocycles. The number of amides is 1. The van der Waals surface area contributed by atoms with Gasteiger partial charge in [0.25, 0.3) is 0 Å². The third-order valence-electron chi connectivity index (χ3n) is 5.09. The van der Waals surface area contributed by atoms with E-state index < -0.39 is 0 Å². The normalized spacial score (nSPS) is 21.9. The molecule has 1 aromatic heterocycles. The van der Waals surface area contributed by atoms with Crippen molar-refractivity contribution in [3.8, 4) is 0 Å². The number of para-hydroxylation sites is 2. The van der Waals surface area contributed by atoms with Gasteiger partial charge in [-0.25, -0.2) is 4.98 Å². The van der Waals surface area contributed by atoms with Gasteiger partial charge in [0.2, 0.25) is 5.91 Å². The summed E-state index contributed by atoms with van der Waals surface area (Å²) in [6.45, 7) is 6.02. The van der Waals surface area contributed by atoms with E-state index in [1.54, 1.807) is 6.20 Å². The van der Waals surface area contributed by atoms with E-state index in [4.69, 9.17) is 4.74 Å². The van der Waals surface area contributed by atoms with Crippen molar-refractivity contribution in [2.75, 3.05) is 51.3 Å². The SMILES string of the molecule is O=C1C(Nc2cnc3ccccc3n2)CCCN1CCN1CCOCC1. The van der Waals surface area contributed by atoms with E-state index in [1.807, 2.05) is 29.2 Å². The summed E-state index contributed by atoms with van der Waals surface area (Å²) in [6, 6.07) is 7.54. The standard InChI is InChI=1S/C19H25N5O2/c25-19-17(22-18-14-20-15-4-1-2-5-16(15)21-18)6-3-7-24(19)9-8-23-10-12-26-13-11-23/h1-2,4-5,14,17H,3,6-13H2,(H,21,22). The molecule has 7 nitrogen and oxygen atoms in total. The number of carbonyl (C=O) groups is 1. The Labute approximate surface area is 153 Å². The summed E-state index contributed by atoms with van der Waals surface area (Å²) in [5.74, 6) is 0.830. The Hall–Kier alpha value is -2.25. The summed E-state index contributed by atoms with van der Waals surface area (Å²) in [5.41, 5.74) is 1.70. The zero-order chi connectivity index (χ0) is 17.8. The fourth-order valence-corrected chi connectivity index (χ4v) is 3.59. The lowest BCUT2D eigenvalue weighted by atomic mass is 10.0. The molecule has 1 amide bonds. The number of hydrogen-bond donors (Lipinski definition) is 1. The lowest BCUT2D eigenvalue weighted by molar-refractivity contribution is -0.134. The average Bonchev–Trinajstić information content (AvgIpc) is 2.69. The molecule has 1 unspecified atom stereocenters. The molecule has 1 atom stereocenters. The molecule has 0 saturated carbocycles. The van der Waals surface area contributed by atoms with Crippen LogP contribution in [0.2, 0.25) is 0 Å². The molecule has 4 rings (SSSR count). The van der Waals surface area contributed by atoms with Gasteiger partial charge in [0.05, 0.1) is 30.4 Å². The van der Waals surface area contributed by atoms with Crippen molar-refractivity contribution in [2.45, 2.75) is 18.9 Å². The monoisotopic (exact) mass is 355 g/mol. The number of aromatic nitrogens is 2.